The van der Waals surface area contributed by atoms with Gasteiger partial charge in [-0.05, 0) is 32.0 Å². The smallest absolute Gasteiger partial charge is 0.323 e. The maximum absolute atomic E-state index is 11.2. The van der Waals surface area contributed by atoms with Crippen molar-refractivity contribution in [1.29, 1.82) is 0 Å². The van der Waals surface area contributed by atoms with Gasteiger partial charge < -0.3 is 20.0 Å². The molecule has 0 fully saturated rings. The number of hydrogen-bond donors (Lipinski definition) is 3. The summed E-state index contributed by atoms with van der Waals surface area (Å²) in [4.78, 5) is 29.4. The van der Waals surface area contributed by atoms with Gasteiger partial charge in [0, 0.05) is 18.3 Å². The molecule has 0 atom stereocenters. The molecule has 6 heteroatoms. The molecular formula is C13H17N3O3. The molecule has 2 rings (SSSR count). The summed E-state index contributed by atoms with van der Waals surface area (Å²) < 4.78 is 0. The third-order valence-electron chi connectivity index (χ3n) is 3.38. The molecule has 0 saturated heterocycles. The Bertz CT molecular complexity index is 669. The molecule has 0 aliphatic heterocycles. The Morgan fingerprint density at radius 2 is 1.95 bits per heavy atom. The normalized spacial score (nSPS) is 11.7. The van der Waals surface area contributed by atoms with Gasteiger partial charge in [-0.3, -0.25) is 4.79 Å². The summed E-state index contributed by atoms with van der Waals surface area (Å²) in [7, 11) is 1.84. The molecule has 1 aromatic heterocycles. The van der Waals surface area contributed by atoms with Crippen molar-refractivity contribution in [3.05, 3.63) is 28.7 Å². The average molecular weight is 263 g/mol. The Morgan fingerprint density at radius 3 is 2.58 bits per heavy atom. The number of fused-ring (bicyclic) bond motifs is 1. The number of carbonyl (C=O) groups is 1. The zero-order chi connectivity index (χ0) is 14.2. The van der Waals surface area contributed by atoms with Crippen LogP contribution < -0.4 is 10.6 Å². The number of aromatic nitrogens is 2. The van der Waals surface area contributed by atoms with Gasteiger partial charge >= 0.3 is 11.7 Å². The van der Waals surface area contributed by atoms with E-state index in [0.29, 0.717) is 5.52 Å². The van der Waals surface area contributed by atoms with E-state index in [0.717, 1.165) is 11.2 Å². The Hall–Kier alpha value is -2.24. The third-order valence-corrected chi connectivity index (χ3v) is 3.38. The highest BCUT2D eigenvalue weighted by atomic mass is 16.4. The largest absolute Gasteiger partial charge is 0.481 e. The highest BCUT2D eigenvalue weighted by Gasteiger charge is 2.27. The minimum Gasteiger partial charge on any atom is -0.481 e. The van der Waals surface area contributed by atoms with Crippen molar-refractivity contribution in [2.24, 2.45) is 0 Å². The minimum atomic E-state index is -0.840. The lowest BCUT2D eigenvalue weighted by Gasteiger charge is -2.36. The van der Waals surface area contributed by atoms with Crippen molar-refractivity contribution in [3.8, 4) is 0 Å². The number of aromatic amines is 2. The van der Waals surface area contributed by atoms with Gasteiger partial charge in [-0.25, -0.2) is 4.79 Å². The molecule has 0 unspecified atom stereocenters. The molecular weight excluding hydrogens is 246 g/mol. The van der Waals surface area contributed by atoms with Crippen LogP contribution in [0.15, 0.2) is 23.0 Å². The Morgan fingerprint density at radius 1 is 1.32 bits per heavy atom. The second-order valence-electron chi connectivity index (χ2n) is 5.25. The zero-order valence-electron chi connectivity index (χ0n) is 11.2. The van der Waals surface area contributed by atoms with Crippen LogP contribution in [0.25, 0.3) is 11.0 Å². The predicted molar refractivity (Wildman–Crippen MR) is 73.7 cm³/mol. The number of carboxylic acids is 1. The van der Waals surface area contributed by atoms with E-state index in [-0.39, 0.29) is 12.1 Å². The summed E-state index contributed by atoms with van der Waals surface area (Å²) in [6.45, 7) is 3.73. The van der Waals surface area contributed by atoms with Crippen LogP contribution in [0.4, 0.5) is 5.69 Å². The van der Waals surface area contributed by atoms with Crippen LogP contribution in [0.5, 0.6) is 0 Å². The van der Waals surface area contributed by atoms with Crippen molar-refractivity contribution in [2.45, 2.75) is 25.8 Å². The van der Waals surface area contributed by atoms with Crippen molar-refractivity contribution >= 4 is 22.7 Å². The predicted octanol–water partition coefficient (Wildman–Crippen LogP) is 1.55. The lowest BCUT2D eigenvalue weighted by molar-refractivity contribution is -0.138. The van der Waals surface area contributed by atoms with E-state index in [1.54, 1.807) is 6.07 Å². The summed E-state index contributed by atoms with van der Waals surface area (Å²) in [5.41, 5.74) is 1.53. The van der Waals surface area contributed by atoms with Gasteiger partial charge in [0.25, 0.3) is 0 Å². The quantitative estimate of drug-likeness (QED) is 0.780. The van der Waals surface area contributed by atoms with Crippen LogP contribution in [0.1, 0.15) is 20.3 Å². The number of hydrogen-bond acceptors (Lipinski definition) is 3. The topological polar surface area (TPSA) is 89.2 Å². The van der Waals surface area contributed by atoms with E-state index in [1.807, 2.05) is 37.9 Å². The molecule has 2 aromatic rings. The SMILES string of the molecule is CN(c1ccc2[nH]c(=O)[nH]c2c1)C(C)(C)CC(=O)O. The summed E-state index contributed by atoms with van der Waals surface area (Å²) in [6, 6.07) is 5.49. The summed E-state index contributed by atoms with van der Waals surface area (Å²) >= 11 is 0. The molecule has 102 valence electrons. The highest BCUT2D eigenvalue weighted by Crippen LogP contribution is 2.26. The van der Waals surface area contributed by atoms with Crippen molar-refractivity contribution < 1.29 is 9.90 Å². The van der Waals surface area contributed by atoms with Crippen LogP contribution in [-0.4, -0.2) is 33.6 Å². The second-order valence-corrected chi connectivity index (χ2v) is 5.25. The van der Waals surface area contributed by atoms with Crippen molar-refractivity contribution in [2.75, 3.05) is 11.9 Å². The van der Waals surface area contributed by atoms with E-state index in [4.69, 9.17) is 5.11 Å². The molecule has 0 aliphatic rings. The molecule has 0 radical (unpaired) electrons. The van der Waals surface area contributed by atoms with E-state index >= 15 is 0 Å². The number of aliphatic carboxylic acids is 1. The van der Waals surface area contributed by atoms with Gasteiger partial charge in [-0.1, -0.05) is 0 Å². The van der Waals surface area contributed by atoms with Crippen molar-refractivity contribution in [3.63, 3.8) is 0 Å². The second kappa shape index (κ2) is 4.46. The number of anilines is 1. The van der Waals surface area contributed by atoms with Gasteiger partial charge in [0.1, 0.15) is 0 Å². The Kier molecular flexibility index (Phi) is 3.09. The molecule has 6 nitrogen and oxygen atoms in total. The third kappa shape index (κ3) is 2.62. The van der Waals surface area contributed by atoms with E-state index in [2.05, 4.69) is 9.97 Å². The molecule has 0 amide bonds. The zero-order valence-corrected chi connectivity index (χ0v) is 11.2. The van der Waals surface area contributed by atoms with Gasteiger partial charge in [0.2, 0.25) is 0 Å². The number of nitrogens with zero attached hydrogens (tertiary/aromatic N) is 1. The lowest BCUT2D eigenvalue weighted by atomic mass is 9.98. The molecule has 3 N–H and O–H groups in total. The molecule has 1 aromatic carbocycles. The van der Waals surface area contributed by atoms with Crippen LogP contribution >= 0.6 is 0 Å². The number of benzene rings is 1. The molecule has 0 aliphatic carbocycles. The highest BCUT2D eigenvalue weighted by molar-refractivity contribution is 5.79. The first-order valence-corrected chi connectivity index (χ1v) is 5.97. The number of H-pyrrole nitrogens is 2. The first kappa shape index (κ1) is 13.2. The first-order valence-electron chi connectivity index (χ1n) is 5.97. The number of imidazole rings is 1. The number of nitrogens with one attached hydrogen (secondary N) is 2. The molecule has 0 bridgehead atoms. The van der Waals surface area contributed by atoms with Crippen LogP contribution in [0, 0.1) is 0 Å². The maximum Gasteiger partial charge on any atom is 0.323 e. The Labute approximate surface area is 110 Å². The van der Waals surface area contributed by atoms with Crippen molar-refractivity contribution in [1.82, 2.24) is 9.97 Å². The van der Waals surface area contributed by atoms with E-state index in [1.165, 1.54) is 0 Å². The average Bonchev–Trinajstić information content (AvgIpc) is 2.65. The van der Waals surface area contributed by atoms with Gasteiger partial charge in [-0.2, -0.15) is 0 Å². The fourth-order valence-corrected chi connectivity index (χ4v) is 2.07. The lowest BCUT2D eigenvalue weighted by Crippen LogP contribution is -2.43. The standard InChI is InChI=1S/C13H17N3O3/c1-13(2,7-11(17)18)16(3)8-4-5-9-10(6-8)15-12(19)14-9/h4-6H,7H2,1-3H3,(H,17,18)(H2,14,15,19). The van der Waals surface area contributed by atoms with Gasteiger partial charge in [0.15, 0.2) is 0 Å². The summed E-state index contributed by atoms with van der Waals surface area (Å²) in [6.07, 6.45) is 0.0329. The number of carboxylic acid groups (broad SMARTS) is 1. The molecule has 1 heterocycles. The van der Waals surface area contributed by atoms with E-state index in [9.17, 15) is 9.59 Å². The molecule has 0 spiro atoms. The van der Waals surface area contributed by atoms with Crippen LogP contribution in [0.3, 0.4) is 0 Å². The molecule has 19 heavy (non-hydrogen) atoms. The van der Waals surface area contributed by atoms with Crippen LogP contribution in [-0.2, 0) is 4.79 Å². The fraction of sp³-hybridized carbons (Fsp3) is 0.385. The summed E-state index contributed by atoms with van der Waals surface area (Å²) in [5.74, 6) is -0.840. The first-order chi connectivity index (χ1) is 8.79. The fourth-order valence-electron chi connectivity index (χ4n) is 2.07. The minimum absolute atomic E-state index is 0.0329. The summed E-state index contributed by atoms with van der Waals surface area (Å²) in [5, 5.41) is 8.94. The maximum atomic E-state index is 11.2. The van der Waals surface area contributed by atoms with Gasteiger partial charge in [0.05, 0.1) is 17.5 Å². The monoisotopic (exact) mass is 263 g/mol. The number of rotatable bonds is 4. The Balaban J connectivity index is 2.37. The van der Waals surface area contributed by atoms with Crippen LogP contribution in [0.2, 0.25) is 0 Å². The molecule has 0 saturated carbocycles. The van der Waals surface area contributed by atoms with E-state index < -0.39 is 11.5 Å². The van der Waals surface area contributed by atoms with Gasteiger partial charge in [-0.15, -0.1) is 0 Å².